The van der Waals surface area contributed by atoms with Crippen LogP contribution in [-0.4, -0.2) is 55.7 Å². The Morgan fingerprint density at radius 2 is 1.74 bits per heavy atom. The lowest BCUT2D eigenvalue weighted by Crippen LogP contribution is -2.45. The lowest BCUT2D eigenvalue weighted by Gasteiger charge is -2.32. The molecule has 3 rings (SSSR count). The average molecular weight is 313 g/mol. The van der Waals surface area contributed by atoms with Gasteiger partial charge in [-0.1, -0.05) is 37.1 Å². The van der Waals surface area contributed by atoms with Crippen molar-refractivity contribution in [2.24, 2.45) is 4.99 Å². The minimum absolute atomic E-state index is 0.294. The van der Waals surface area contributed by atoms with E-state index in [-0.39, 0.29) is 5.54 Å². The van der Waals surface area contributed by atoms with Crippen molar-refractivity contribution in [1.82, 2.24) is 9.80 Å². The van der Waals surface area contributed by atoms with Gasteiger partial charge in [0.15, 0.2) is 0 Å². The zero-order chi connectivity index (χ0) is 16.1. The minimum Gasteiger partial charge on any atom is -0.304 e. The van der Waals surface area contributed by atoms with Gasteiger partial charge in [-0.05, 0) is 37.4 Å². The Balaban J connectivity index is 1.59. The van der Waals surface area contributed by atoms with Crippen molar-refractivity contribution in [1.29, 1.82) is 0 Å². The van der Waals surface area contributed by atoms with E-state index in [0.29, 0.717) is 0 Å². The third kappa shape index (κ3) is 3.89. The van der Waals surface area contributed by atoms with Gasteiger partial charge in [0.1, 0.15) is 0 Å². The molecular weight excluding hydrogens is 286 g/mol. The number of hydrogen-bond acceptors (Lipinski definition) is 4. The molecule has 1 heterocycles. The van der Waals surface area contributed by atoms with Gasteiger partial charge in [-0.15, -0.1) is 0 Å². The highest BCUT2D eigenvalue weighted by molar-refractivity contribution is 5.39. The number of carbonyl (C=O) groups excluding carboxylic acids is 1. The standard InChI is InChI=1S/C19H27N3O/c1-21-12-14-22(15-13-21)11-8-17-4-6-18(7-5-17)19(20-16-23)9-2-3-10-19/h4-7H,2-3,8-15H2,1H3. The Morgan fingerprint density at radius 1 is 1.09 bits per heavy atom. The summed E-state index contributed by atoms with van der Waals surface area (Å²) in [6.45, 7) is 5.82. The molecule has 0 N–H and O–H groups in total. The number of piperazine rings is 1. The average Bonchev–Trinajstić information content (AvgIpc) is 3.05. The SMILES string of the molecule is CN1CCN(CCc2ccc(C3(N=C=O)CCCC3)cc2)CC1. The van der Waals surface area contributed by atoms with Crippen LogP contribution in [0.5, 0.6) is 0 Å². The highest BCUT2D eigenvalue weighted by Crippen LogP contribution is 2.42. The second-order valence-corrected chi connectivity index (χ2v) is 7.03. The van der Waals surface area contributed by atoms with Gasteiger partial charge in [-0.2, -0.15) is 4.99 Å². The summed E-state index contributed by atoms with van der Waals surface area (Å²) in [6.07, 6.45) is 7.14. The maximum atomic E-state index is 10.8. The molecule has 23 heavy (non-hydrogen) atoms. The molecule has 0 bridgehead atoms. The number of isocyanates is 1. The molecule has 2 fully saturated rings. The van der Waals surface area contributed by atoms with Gasteiger partial charge in [0.2, 0.25) is 6.08 Å². The number of likely N-dealkylation sites (N-methyl/N-ethyl adjacent to an activating group) is 1. The summed E-state index contributed by atoms with van der Waals surface area (Å²) >= 11 is 0. The van der Waals surface area contributed by atoms with Crippen LogP contribution in [0, 0.1) is 0 Å². The van der Waals surface area contributed by atoms with Crippen molar-refractivity contribution in [3.63, 3.8) is 0 Å². The van der Waals surface area contributed by atoms with E-state index in [1.807, 2.05) is 0 Å². The Kier molecular flexibility index (Phi) is 5.27. The van der Waals surface area contributed by atoms with E-state index in [2.05, 4.69) is 46.1 Å². The fourth-order valence-corrected chi connectivity index (χ4v) is 3.85. The lowest BCUT2D eigenvalue weighted by atomic mass is 9.88. The van der Waals surface area contributed by atoms with Crippen LogP contribution in [0.3, 0.4) is 0 Å². The van der Waals surface area contributed by atoms with Crippen molar-refractivity contribution in [2.75, 3.05) is 39.8 Å². The Hall–Kier alpha value is -1.48. The summed E-state index contributed by atoms with van der Waals surface area (Å²) in [4.78, 5) is 19.9. The molecule has 0 aromatic heterocycles. The van der Waals surface area contributed by atoms with Crippen molar-refractivity contribution < 1.29 is 4.79 Å². The quantitative estimate of drug-likeness (QED) is 0.619. The van der Waals surface area contributed by atoms with Crippen molar-refractivity contribution >= 4 is 6.08 Å². The molecule has 1 saturated carbocycles. The van der Waals surface area contributed by atoms with E-state index in [0.717, 1.165) is 38.6 Å². The molecule has 4 heteroatoms. The van der Waals surface area contributed by atoms with Gasteiger partial charge in [0.25, 0.3) is 0 Å². The Bertz CT molecular complexity index is 548. The molecule has 2 aliphatic rings. The first-order valence-corrected chi connectivity index (χ1v) is 8.81. The maximum Gasteiger partial charge on any atom is 0.235 e. The molecule has 0 atom stereocenters. The molecule has 0 unspecified atom stereocenters. The van der Waals surface area contributed by atoms with E-state index in [1.165, 1.54) is 37.3 Å². The fraction of sp³-hybridized carbons (Fsp3) is 0.632. The molecule has 0 spiro atoms. The summed E-state index contributed by atoms with van der Waals surface area (Å²) in [6, 6.07) is 8.77. The smallest absolute Gasteiger partial charge is 0.235 e. The first kappa shape index (κ1) is 16.4. The fourth-order valence-electron chi connectivity index (χ4n) is 3.85. The first-order valence-electron chi connectivity index (χ1n) is 8.81. The highest BCUT2D eigenvalue weighted by Gasteiger charge is 2.35. The summed E-state index contributed by atoms with van der Waals surface area (Å²) in [5, 5.41) is 0. The van der Waals surface area contributed by atoms with Crippen LogP contribution >= 0.6 is 0 Å². The Labute approximate surface area is 139 Å². The van der Waals surface area contributed by atoms with Crippen LogP contribution in [0.2, 0.25) is 0 Å². The normalized spacial score (nSPS) is 22.0. The second kappa shape index (κ2) is 7.39. The van der Waals surface area contributed by atoms with Crippen molar-refractivity contribution in [2.45, 2.75) is 37.6 Å². The molecular formula is C19H27N3O. The summed E-state index contributed by atoms with van der Waals surface area (Å²) in [7, 11) is 2.19. The molecule has 1 saturated heterocycles. The van der Waals surface area contributed by atoms with Gasteiger partial charge in [-0.3, -0.25) is 0 Å². The van der Waals surface area contributed by atoms with Gasteiger partial charge in [0.05, 0.1) is 5.54 Å². The predicted octanol–water partition coefficient (Wildman–Crippen LogP) is 2.58. The number of aliphatic imine (C=N–C) groups is 1. The zero-order valence-corrected chi connectivity index (χ0v) is 14.1. The van der Waals surface area contributed by atoms with Crippen molar-refractivity contribution in [3.8, 4) is 0 Å². The summed E-state index contributed by atoms with van der Waals surface area (Å²) in [5.41, 5.74) is 2.26. The van der Waals surface area contributed by atoms with Crippen LogP contribution in [0.4, 0.5) is 0 Å². The molecule has 0 amide bonds. The molecule has 1 aromatic rings. The zero-order valence-electron chi connectivity index (χ0n) is 14.1. The number of hydrogen-bond donors (Lipinski definition) is 0. The van der Waals surface area contributed by atoms with Gasteiger partial charge < -0.3 is 9.80 Å². The third-order valence-electron chi connectivity index (χ3n) is 5.49. The molecule has 1 aliphatic heterocycles. The summed E-state index contributed by atoms with van der Waals surface area (Å²) in [5.74, 6) is 0. The largest absolute Gasteiger partial charge is 0.304 e. The number of rotatable bonds is 5. The number of nitrogens with zero attached hydrogens (tertiary/aromatic N) is 3. The van der Waals surface area contributed by atoms with Crippen molar-refractivity contribution in [3.05, 3.63) is 35.4 Å². The van der Waals surface area contributed by atoms with E-state index >= 15 is 0 Å². The van der Waals surface area contributed by atoms with Crippen LogP contribution in [0.15, 0.2) is 29.3 Å². The second-order valence-electron chi connectivity index (χ2n) is 7.03. The molecule has 0 radical (unpaired) electrons. The Morgan fingerprint density at radius 3 is 2.35 bits per heavy atom. The monoisotopic (exact) mass is 313 g/mol. The van der Waals surface area contributed by atoms with Crippen LogP contribution in [0.25, 0.3) is 0 Å². The van der Waals surface area contributed by atoms with E-state index < -0.39 is 0 Å². The lowest BCUT2D eigenvalue weighted by molar-refractivity contribution is 0.155. The molecule has 124 valence electrons. The van der Waals surface area contributed by atoms with E-state index in [4.69, 9.17) is 0 Å². The molecule has 1 aliphatic carbocycles. The maximum absolute atomic E-state index is 10.8. The molecule has 1 aromatic carbocycles. The van der Waals surface area contributed by atoms with Gasteiger partial charge >= 0.3 is 0 Å². The number of benzene rings is 1. The predicted molar refractivity (Wildman–Crippen MR) is 92.4 cm³/mol. The van der Waals surface area contributed by atoms with Gasteiger partial charge in [0, 0.05) is 32.7 Å². The van der Waals surface area contributed by atoms with Crippen LogP contribution in [0.1, 0.15) is 36.8 Å². The topological polar surface area (TPSA) is 35.9 Å². The van der Waals surface area contributed by atoms with E-state index in [9.17, 15) is 4.79 Å². The minimum atomic E-state index is -0.294. The third-order valence-corrected chi connectivity index (χ3v) is 5.49. The highest BCUT2D eigenvalue weighted by atomic mass is 16.1. The molecule has 4 nitrogen and oxygen atoms in total. The van der Waals surface area contributed by atoms with E-state index in [1.54, 1.807) is 6.08 Å². The van der Waals surface area contributed by atoms with Crippen LogP contribution < -0.4 is 0 Å². The summed E-state index contributed by atoms with van der Waals surface area (Å²) < 4.78 is 0. The van der Waals surface area contributed by atoms with Gasteiger partial charge in [-0.25, -0.2) is 4.79 Å². The van der Waals surface area contributed by atoms with Crippen LogP contribution in [-0.2, 0) is 16.8 Å². The first-order chi connectivity index (χ1) is 11.2.